The topological polar surface area (TPSA) is 80.4 Å². The number of hydrogen-bond acceptors (Lipinski definition) is 6. The molecule has 3 heterocycles. The van der Waals surface area contributed by atoms with Gasteiger partial charge in [0, 0.05) is 49.9 Å². The SMILES string of the molecule is Cn1cnc(S(=O)(=O)NC[C@@H](c2ccoc2)N2CCSCC2)c1. The van der Waals surface area contributed by atoms with E-state index in [9.17, 15) is 8.42 Å². The number of hydrogen-bond donors (Lipinski definition) is 1. The molecule has 1 atom stereocenters. The summed E-state index contributed by atoms with van der Waals surface area (Å²) in [7, 11) is -1.87. The molecule has 0 unspecified atom stereocenters. The van der Waals surface area contributed by atoms with Gasteiger partial charge in [0.15, 0.2) is 5.03 Å². The van der Waals surface area contributed by atoms with Crippen LogP contribution in [0.1, 0.15) is 11.6 Å². The smallest absolute Gasteiger partial charge is 0.259 e. The summed E-state index contributed by atoms with van der Waals surface area (Å²) in [5.74, 6) is 2.11. The molecule has 0 radical (unpaired) electrons. The molecule has 2 aromatic heterocycles. The molecular formula is C14H20N4O3S2. The molecule has 3 rings (SSSR count). The van der Waals surface area contributed by atoms with E-state index in [-0.39, 0.29) is 11.1 Å². The van der Waals surface area contributed by atoms with Gasteiger partial charge in [-0.05, 0) is 6.07 Å². The van der Waals surface area contributed by atoms with Gasteiger partial charge in [-0.2, -0.15) is 11.8 Å². The van der Waals surface area contributed by atoms with Gasteiger partial charge in [-0.1, -0.05) is 0 Å². The van der Waals surface area contributed by atoms with Crippen LogP contribution in [0.15, 0.2) is 40.6 Å². The van der Waals surface area contributed by atoms with Crippen LogP contribution in [-0.4, -0.2) is 54.0 Å². The van der Waals surface area contributed by atoms with Gasteiger partial charge in [0.1, 0.15) is 0 Å². The van der Waals surface area contributed by atoms with Crippen molar-refractivity contribution in [1.29, 1.82) is 0 Å². The van der Waals surface area contributed by atoms with Crippen molar-refractivity contribution in [1.82, 2.24) is 19.2 Å². The van der Waals surface area contributed by atoms with Crippen molar-refractivity contribution in [2.24, 2.45) is 7.05 Å². The summed E-state index contributed by atoms with van der Waals surface area (Å²) >= 11 is 1.92. The first-order valence-electron chi connectivity index (χ1n) is 7.38. The van der Waals surface area contributed by atoms with Gasteiger partial charge in [0.2, 0.25) is 0 Å². The Labute approximate surface area is 140 Å². The number of nitrogens with zero attached hydrogens (tertiary/aromatic N) is 3. The monoisotopic (exact) mass is 356 g/mol. The molecule has 1 saturated heterocycles. The van der Waals surface area contributed by atoms with Gasteiger partial charge in [0.05, 0.1) is 24.9 Å². The Morgan fingerprint density at radius 1 is 1.43 bits per heavy atom. The summed E-state index contributed by atoms with van der Waals surface area (Å²) in [6.07, 6.45) is 6.27. The summed E-state index contributed by atoms with van der Waals surface area (Å²) in [5, 5.41) is 0.0418. The van der Waals surface area contributed by atoms with Gasteiger partial charge in [-0.15, -0.1) is 0 Å². The highest BCUT2D eigenvalue weighted by atomic mass is 32.2. The minimum atomic E-state index is -3.61. The molecule has 9 heteroatoms. The molecule has 0 amide bonds. The number of sulfonamides is 1. The predicted octanol–water partition coefficient (Wildman–Crippen LogP) is 1.08. The molecule has 0 aromatic carbocycles. The van der Waals surface area contributed by atoms with Gasteiger partial charge in [0.25, 0.3) is 10.0 Å². The van der Waals surface area contributed by atoms with Crippen molar-refractivity contribution >= 4 is 21.8 Å². The summed E-state index contributed by atoms with van der Waals surface area (Å²) in [4.78, 5) is 6.21. The fraction of sp³-hybridized carbons (Fsp3) is 0.500. The lowest BCUT2D eigenvalue weighted by molar-refractivity contribution is 0.218. The highest BCUT2D eigenvalue weighted by Gasteiger charge is 2.26. The molecule has 0 saturated carbocycles. The first-order valence-corrected chi connectivity index (χ1v) is 10.0. The van der Waals surface area contributed by atoms with Crippen LogP contribution in [0, 0.1) is 0 Å². The Morgan fingerprint density at radius 2 is 2.22 bits per heavy atom. The fourth-order valence-corrected chi connectivity index (χ4v) is 4.55. The average molecular weight is 356 g/mol. The van der Waals surface area contributed by atoms with Gasteiger partial charge >= 0.3 is 0 Å². The Balaban J connectivity index is 1.73. The first kappa shape index (κ1) is 16.6. The number of imidazole rings is 1. The van der Waals surface area contributed by atoms with Crippen LogP contribution in [0.2, 0.25) is 0 Å². The summed E-state index contributed by atoms with van der Waals surface area (Å²) in [5.41, 5.74) is 0.987. The molecule has 0 bridgehead atoms. The van der Waals surface area contributed by atoms with Gasteiger partial charge < -0.3 is 8.98 Å². The maximum absolute atomic E-state index is 12.4. The van der Waals surface area contributed by atoms with E-state index in [1.54, 1.807) is 24.1 Å². The maximum Gasteiger partial charge on any atom is 0.259 e. The molecule has 1 aliphatic rings. The van der Waals surface area contributed by atoms with Crippen molar-refractivity contribution in [3.8, 4) is 0 Å². The van der Waals surface area contributed by atoms with E-state index in [1.165, 1.54) is 12.5 Å². The molecule has 1 N–H and O–H groups in total. The maximum atomic E-state index is 12.4. The Hall–Kier alpha value is -1.29. The van der Waals surface area contributed by atoms with E-state index in [2.05, 4.69) is 14.6 Å². The average Bonchev–Trinajstić information content (AvgIpc) is 3.20. The molecular weight excluding hydrogens is 336 g/mol. The van der Waals surface area contributed by atoms with Crippen LogP contribution in [0.3, 0.4) is 0 Å². The normalized spacial score (nSPS) is 18.1. The van der Waals surface area contributed by atoms with Crippen molar-refractivity contribution in [2.75, 3.05) is 31.1 Å². The highest BCUT2D eigenvalue weighted by Crippen LogP contribution is 2.24. The van der Waals surface area contributed by atoms with Gasteiger partial charge in [-0.3, -0.25) is 4.90 Å². The van der Waals surface area contributed by atoms with E-state index in [1.807, 2.05) is 17.8 Å². The molecule has 2 aromatic rings. The quantitative estimate of drug-likeness (QED) is 0.834. The molecule has 1 aliphatic heterocycles. The molecule has 0 aliphatic carbocycles. The van der Waals surface area contributed by atoms with Crippen LogP contribution in [0.4, 0.5) is 0 Å². The first-order chi connectivity index (χ1) is 11.1. The third kappa shape index (κ3) is 3.97. The number of furan rings is 1. The van der Waals surface area contributed by atoms with Crippen LogP contribution >= 0.6 is 11.8 Å². The minimum absolute atomic E-state index is 0.0341. The highest BCUT2D eigenvalue weighted by molar-refractivity contribution is 7.99. The second kappa shape index (κ2) is 7.08. The largest absolute Gasteiger partial charge is 0.472 e. The van der Waals surface area contributed by atoms with E-state index >= 15 is 0 Å². The zero-order valence-electron chi connectivity index (χ0n) is 12.9. The zero-order valence-corrected chi connectivity index (χ0v) is 14.5. The Kier molecular flexibility index (Phi) is 5.10. The van der Waals surface area contributed by atoms with Crippen molar-refractivity contribution in [3.05, 3.63) is 36.7 Å². The molecule has 126 valence electrons. The Morgan fingerprint density at radius 3 is 2.83 bits per heavy atom. The van der Waals surface area contributed by atoms with Crippen molar-refractivity contribution in [3.63, 3.8) is 0 Å². The number of aryl methyl sites for hydroxylation is 1. The Bertz CT molecular complexity index is 721. The minimum Gasteiger partial charge on any atom is -0.472 e. The molecule has 7 nitrogen and oxygen atoms in total. The molecule has 23 heavy (non-hydrogen) atoms. The van der Waals surface area contributed by atoms with Crippen LogP contribution in [0.25, 0.3) is 0 Å². The molecule has 0 spiro atoms. The standard InChI is InChI=1S/C14H20N4O3S2/c1-17-9-14(15-11-17)23(19,20)16-8-13(12-2-5-21-10-12)18-3-6-22-7-4-18/h2,5,9-11,13,16H,3-4,6-8H2,1H3/t13-/m0/s1. The zero-order chi connectivity index (χ0) is 16.3. The lowest BCUT2D eigenvalue weighted by Gasteiger charge is -2.33. The van der Waals surface area contributed by atoms with Crippen LogP contribution in [-0.2, 0) is 17.1 Å². The second-order valence-corrected chi connectivity index (χ2v) is 8.39. The van der Waals surface area contributed by atoms with Gasteiger partial charge in [-0.25, -0.2) is 18.1 Å². The summed E-state index contributed by atoms with van der Waals surface area (Å²) < 4.78 is 34.2. The lowest BCUT2D eigenvalue weighted by atomic mass is 10.1. The second-order valence-electron chi connectivity index (χ2n) is 5.45. The lowest BCUT2D eigenvalue weighted by Crippen LogP contribution is -2.41. The van der Waals surface area contributed by atoms with E-state index in [0.29, 0.717) is 6.54 Å². The third-order valence-electron chi connectivity index (χ3n) is 3.84. The van der Waals surface area contributed by atoms with E-state index in [4.69, 9.17) is 4.42 Å². The van der Waals surface area contributed by atoms with Crippen molar-refractivity contribution in [2.45, 2.75) is 11.1 Å². The number of nitrogens with one attached hydrogen (secondary N) is 1. The third-order valence-corrected chi connectivity index (χ3v) is 6.09. The van der Waals surface area contributed by atoms with Crippen LogP contribution in [0.5, 0.6) is 0 Å². The van der Waals surface area contributed by atoms with Crippen LogP contribution < -0.4 is 4.72 Å². The number of aromatic nitrogens is 2. The summed E-state index contributed by atoms with van der Waals surface area (Å²) in [6.45, 7) is 2.17. The number of rotatable bonds is 6. The molecule has 1 fully saturated rings. The summed E-state index contributed by atoms with van der Waals surface area (Å²) in [6, 6.07) is 1.86. The van der Waals surface area contributed by atoms with Crippen molar-refractivity contribution < 1.29 is 12.8 Å². The van der Waals surface area contributed by atoms with E-state index < -0.39 is 10.0 Å². The fourth-order valence-electron chi connectivity index (χ4n) is 2.60. The number of thioether (sulfide) groups is 1. The predicted molar refractivity (Wildman–Crippen MR) is 88.7 cm³/mol. The van der Waals surface area contributed by atoms with E-state index in [0.717, 1.165) is 30.2 Å².